The fourth-order valence-corrected chi connectivity index (χ4v) is 3.44. The van der Waals surface area contributed by atoms with Crippen LogP contribution in [0, 0.1) is 0 Å². The van der Waals surface area contributed by atoms with E-state index in [1.807, 2.05) is 80.5 Å². The van der Waals surface area contributed by atoms with Crippen molar-refractivity contribution in [2.75, 3.05) is 19.0 Å². The van der Waals surface area contributed by atoms with Crippen LogP contribution in [0.25, 0.3) is 0 Å². The summed E-state index contributed by atoms with van der Waals surface area (Å²) in [6.45, 7) is 2.78. The van der Waals surface area contributed by atoms with Gasteiger partial charge in [0.1, 0.15) is 5.54 Å². The van der Waals surface area contributed by atoms with Gasteiger partial charge in [0.15, 0.2) is 0 Å². The molecule has 0 saturated carbocycles. The quantitative estimate of drug-likeness (QED) is 0.856. The fourth-order valence-electron chi connectivity index (χ4n) is 3.44. The van der Waals surface area contributed by atoms with Crippen LogP contribution >= 0.6 is 0 Å². The first-order chi connectivity index (χ1) is 12.9. The first kappa shape index (κ1) is 19.0. The van der Waals surface area contributed by atoms with Gasteiger partial charge in [0.2, 0.25) is 11.8 Å². The van der Waals surface area contributed by atoms with Gasteiger partial charge in [0.05, 0.1) is 0 Å². The number of nitrogens with zero attached hydrogens (tertiary/aromatic N) is 2. The van der Waals surface area contributed by atoms with Gasteiger partial charge in [-0.1, -0.05) is 42.5 Å². The Morgan fingerprint density at radius 2 is 1.74 bits per heavy atom. The Morgan fingerprint density at radius 3 is 2.37 bits per heavy atom. The average Bonchev–Trinajstić information content (AvgIpc) is 2.97. The second-order valence-electron chi connectivity index (χ2n) is 7.48. The molecule has 3 rings (SSSR count). The fraction of sp³-hybridized carbons (Fsp3) is 0.364. The minimum Gasteiger partial charge on any atom is -0.378 e. The van der Waals surface area contributed by atoms with E-state index in [0.29, 0.717) is 25.9 Å². The number of hydrogen-bond acceptors (Lipinski definition) is 3. The lowest BCUT2D eigenvalue weighted by Crippen LogP contribution is -2.53. The molecule has 142 valence electrons. The molecule has 1 aliphatic heterocycles. The molecule has 5 nitrogen and oxygen atoms in total. The SMILES string of the molecule is CN(C)c1ccc(CN2C(=O)CC[C@@]2(C)C(=O)NCc2ccccc2)cc1. The third-order valence-electron chi connectivity index (χ3n) is 5.30. The number of carbonyl (C=O) groups is 2. The summed E-state index contributed by atoms with van der Waals surface area (Å²) in [5, 5.41) is 3.00. The summed E-state index contributed by atoms with van der Waals surface area (Å²) < 4.78 is 0. The van der Waals surface area contributed by atoms with Crippen molar-refractivity contribution in [3.8, 4) is 0 Å². The first-order valence-corrected chi connectivity index (χ1v) is 9.29. The number of carbonyl (C=O) groups excluding carboxylic acids is 2. The summed E-state index contributed by atoms with van der Waals surface area (Å²) in [7, 11) is 3.99. The van der Waals surface area contributed by atoms with Crippen LogP contribution in [0.1, 0.15) is 30.9 Å². The number of rotatable bonds is 6. The molecule has 1 heterocycles. The van der Waals surface area contributed by atoms with Crippen LogP contribution in [0.2, 0.25) is 0 Å². The highest BCUT2D eigenvalue weighted by Crippen LogP contribution is 2.32. The van der Waals surface area contributed by atoms with E-state index in [4.69, 9.17) is 0 Å². The number of likely N-dealkylation sites (tertiary alicyclic amines) is 1. The van der Waals surface area contributed by atoms with Crippen LogP contribution in [0.5, 0.6) is 0 Å². The smallest absolute Gasteiger partial charge is 0.245 e. The maximum Gasteiger partial charge on any atom is 0.245 e. The minimum atomic E-state index is -0.813. The highest BCUT2D eigenvalue weighted by Gasteiger charge is 2.46. The summed E-state index contributed by atoms with van der Waals surface area (Å²) in [6.07, 6.45) is 0.952. The molecule has 1 atom stereocenters. The summed E-state index contributed by atoms with van der Waals surface area (Å²) in [4.78, 5) is 29.2. The van der Waals surface area contributed by atoms with Gasteiger partial charge >= 0.3 is 0 Å². The molecule has 5 heteroatoms. The van der Waals surface area contributed by atoms with Crippen LogP contribution < -0.4 is 10.2 Å². The molecular weight excluding hydrogens is 338 g/mol. The molecule has 0 spiro atoms. The summed E-state index contributed by atoms with van der Waals surface area (Å²) in [6, 6.07) is 17.9. The Hall–Kier alpha value is -2.82. The Kier molecular flexibility index (Phi) is 5.49. The number of nitrogens with one attached hydrogen (secondary N) is 1. The van der Waals surface area contributed by atoms with Crippen molar-refractivity contribution < 1.29 is 9.59 Å². The van der Waals surface area contributed by atoms with E-state index in [2.05, 4.69) is 5.32 Å². The van der Waals surface area contributed by atoms with Gasteiger partial charge < -0.3 is 15.1 Å². The normalized spacial score (nSPS) is 19.2. The van der Waals surface area contributed by atoms with Crippen LogP contribution in [-0.2, 0) is 22.7 Å². The van der Waals surface area contributed by atoms with Gasteiger partial charge in [-0.15, -0.1) is 0 Å². The largest absolute Gasteiger partial charge is 0.378 e. The van der Waals surface area contributed by atoms with Crippen LogP contribution in [0.4, 0.5) is 5.69 Å². The predicted octanol–water partition coefficient (Wildman–Crippen LogP) is 2.95. The Balaban J connectivity index is 1.70. The highest BCUT2D eigenvalue weighted by molar-refractivity contribution is 5.94. The zero-order chi connectivity index (χ0) is 19.4. The number of hydrogen-bond donors (Lipinski definition) is 1. The maximum absolute atomic E-state index is 12.9. The Morgan fingerprint density at radius 1 is 1.07 bits per heavy atom. The van der Waals surface area contributed by atoms with E-state index >= 15 is 0 Å². The molecule has 2 aromatic carbocycles. The zero-order valence-electron chi connectivity index (χ0n) is 16.2. The molecule has 0 unspecified atom stereocenters. The molecule has 0 aromatic heterocycles. The lowest BCUT2D eigenvalue weighted by molar-refractivity contribution is -0.141. The van der Waals surface area contributed by atoms with Gasteiger partial charge in [-0.25, -0.2) is 0 Å². The number of anilines is 1. The second kappa shape index (κ2) is 7.82. The van der Waals surface area contributed by atoms with Crippen molar-refractivity contribution >= 4 is 17.5 Å². The molecule has 0 aliphatic carbocycles. The molecule has 2 amide bonds. The third kappa shape index (κ3) is 4.13. The summed E-state index contributed by atoms with van der Waals surface area (Å²) >= 11 is 0. The third-order valence-corrected chi connectivity index (χ3v) is 5.30. The molecule has 0 radical (unpaired) electrons. The molecule has 27 heavy (non-hydrogen) atoms. The Bertz CT molecular complexity index is 802. The lowest BCUT2D eigenvalue weighted by atomic mass is 9.97. The highest BCUT2D eigenvalue weighted by atomic mass is 16.2. The van der Waals surface area contributed by atoms with E-state index in [1.165, 1.54) is 0 Å². The van der Waals surface area contributed by atoms with Crippen molar-refractivity contribution in [3.05, 3.63) is 65.7 Å². The molecular formula is C22H27N3O2. The minimum absolute atomic E-state index is 0.0315. The van der Waals surface area contributed by atoms with Gasteiger partial charge in [-0.05, 0) is 36.6 Å². The van der Waals surface area contributed by atoms with Crippen molar-refractivity contribution in [2.45, 2.75) is 38.4 Å². The van der Waals surface area contributed by atoms with E-state index < -0.39 is 5.54 Å². The van der Waals surface area contributed by atoms with Gasteiger partial charge in [-0.3, -0.25) is 9.59 Å². The van der Waals surface area contributed by atoms with E-state index in [9.17, 15) is 9.59 Å². The maximum atomic E-state index is 12.9. The van der Waals surface area contributed by atoms with E-state index in [1.54, 1.807) is 4.90 Å². The first-order valence-electron chi connectivity index (χ1n) is 9.29. The molecule has 0 bridgehead atoms. The van der Waals surface area contributed by atoms with Crippen molar-refractivity contribution in [1.82, 2.24) is 10.2 Å². The monoisotopic (exact) mass is 365 g/mol. The predicted molar refractivity (Wildman–Crippen MR) is 107 cm³/mol. The topological polar surface area (TPSA) is 52.7 Å². The average molecular weight is 365 g/mol. The van der Waals surface area contributed by atoms with E-state index in [-0.39, 0.29) is 11.8 Å². The van der Waals surface area contributed by atoms with Gasteiger partial charge in [0, 0.05) is 39.3 Å². The molecule has 2 aromatic rings. The molecule has 1 saturated heterocycles. The molecule has 1 fully saturated rings. The van der Waals surface area contributed by atoms with Crippen molar-refractivity contribution in [2.24, 2.45) is 0 Å². The van der Waals surface area contributed by atoms with Gasteiger partial charge in [-0.2, -0.15) is 0 Å². The lowest BCUT2D eigenvalue weighted by Gasteiger charge is -2.34. The van der Waals surface area contributed by atoms with Crippen molar-refractivity contribution in [1.29, 1.82) is 0 Å². The van der Waals surface area contributed by atoms with Crippen molar-refractivity contribution in [3.63, 3.8) is 0 Å². The number of amides is 2. The van der Waals surface area contributed by atoms with Gasteiger partial charge in [0.25, 0.3) is 0 Å². The summed E-state index contributed by atoms with van der Waals surface area (Å²) in [5.74, 6) is -0.0637. The standard InChI is InChI=1S/C22H27N3O2/c1-22(21(27)23-15-17-7-5-4-6-8-17)14-13-20(26)25(22)16-18-9-11-19(12-10-18)24(2)3/h4-12H,13-16H2,1-3H3,(H,23,27)/t22-/m0/s1. The molecule has 1 aliphatic rings. The Labute approximate surface area is 161 Å². The van der Waals surface area contributed by atoms with Crippen LogP contribution in [-0.4, -0.2) is 36.3 Å². The van der Waals surface area contributed by atoms with E-state index in [0.717, 1.165) is 16.8 Å². The summed E-state index contributed by atoms with van der Waals surface area (Å²) in [5.41, 5.74) is 2.36. The molecule has 1 N–H and O–H groups in total. The second-order valence-corrected chi connectivity index (χ2v) is 7.48. The van der Waals surface area contributed by atoms with Crippen LogP contribution in [0.15, 0.2) is 54.6 Å². The van der Waals surface area contributed by atoms with Crippen LogP contribution in [0.3, 0.4) is 0 Å². The number of benzene rings is 2. The zero-order valence-corrected chi connectivity index (χ0v) is 16.2.